The first-order valence-electron chi connectivity index (χ1n) is 18.0. The van der Waals surface area contributed by atoms with E-state index in [0.29, 0.717) is 25.2 Å². The number of aliphatic hydroxyl groups excluding tert-OH is 1. The highest BCUT2D eigenvalue weighted by Gasteiger charge is 2.47. The molecule has 3 saturated heterocycles. The van der Waals surface area contributed by atoms with Gasteiger partial charge in [0.2, 0.25) is 0 Å². The molecule has 10 nitrogen and oxygen atoms in total. The van der Waals surface area contributed by atoms with Gasteiger partial charge in [0.15, 0.2) is 6.29 Å². The quantitative estimate of drug-likeness (QED) is 0.444. The molecule has 3 aliphatic rings. The van der Waals surface area contributed by atoms with Crippen LogP contribution >= 0.6 is 0 Å². The van der Waals surface area contributed by atoms with Crippen molar-refractivity contribution in [1.82, 2.24) is 24.6 Å². The van der Waals surface area contributed by atoms with Crippen molar-refractivity contribution in [2.45, 2.75) is 110 Å². The van der Waals surface area contributed by atoms with E-state index in [1.807, 2.05) is 39.7 Å². The van der Waals surface area contributed by atoms with Gasteiger partial charge in [-0.3, -0.25) is 19.7 Å². The lowest BCUT2D eigenvalue weighted by Gasteiger charge is -2.47. The van der Waals surface area contributed by atoms with Gasteiger partial charge in [0.05, 0.1) is 31.0 Å². The fourth-order valence-corrected chi connectivity index (χ4v) is 8.40. The summed E-state index contributed by atoms with van der Waals surface area (Å²) < 4.78 is 26.2. The Morgan fingerprint density at radius 3 is 2.40 bits per heavy atom. The van der Waals surface area contributed by atoms with Crippen LogP contribution in [0.15, 0.2) is 24.5 Å². The summed E-state index contributed by atoms with van der Waals surface area (Å²) in [5.74, 6) is 0.496. The summed E-state index contributed by atoms with van der Waals surface area (Å²) in [6, 6.07) is 4.46. The van der Waals surface area contributed by atoms with Crippen LogP contribution < -0.4 is 0 Å². The maximum atomic E-state index is 11.4. The van der Waals surface area contributed by atoms with Gasteiger partial charge < -0.3 is 29.0 Å². The number of aromatic nitrogens is 1. The van der Waals surface area contributed by atoms with Gasteiger partial charge in [0.25, 0.3) is 0 Å². The molecule has 3 aliphatic heterocycles. The Hall–Kier alpha value is -1.21. The van der Waals surface area contributed by atoms with Crippen molar-refractivity contribution >= 4 is 0 Å². The Bertz CT molecular complexity index is 1060. The smallest absolute Gasteiger partial charge is 0.185 e. The SMILES string of the molecule is CO[C@]1(C)C[C@@H](C)CN(C)[C@H](CN2CCN(Cc3cccnc3)CC2)COCC(C)(C)C[C@@H](C)[C@H]1O[C@@H]1O[C@H](C)C[C@H](N(C)C)[C@H]1O. The van der Waals surface area contributed by atoms with E-state index in [0.717, 1.165) is 65.1 Å². The number of hydrogen-bond donors (Lipinski definition) is 1. The standard InChI is InChI=1S/C37H67N5O5/c1-27-19-37(6,44-10)34(47-35-33(43)32(39(7)8)18-29(3)46-35)28(2)20-36(4,5)26-45-25-31(40(9)22-27)24-42-16-14-41(15-17-42)23-30-12-11-13-38-21-30/h11-13,21,27-29,31-35,43H,14-20,22-26H2,1-10H3/t27-,28-,29-,31-,32+,33-,34-,35+,37-/m1/s1. The minimum Gasteiger partial charge on any atom is -0.386 e. The molecular weight excluding hydrogens is 594 g/mol. The fraction of sp³-hybridized carbons (Fsp3) is 0.865. The number of rotatable bonds is 8. The third-order valence-corrected chi connectivity index (χ3v) is 10.9. The molecule has 0 saturated carbocycles. The topological polar surface area (TPSA) is 83.0 Å². The van der Waals surface area contributed by atoms with Crippen molar-refractivity contribution in [2.75, 3.05) is 80.7 Å². The second-order valence-corrected chi connectivity index (χ2v) is 16.3. The third-order valence-electron chi connectivity index (χ3n) is 10.9. The largest absolute Gasteiger partial charge is 0.386 e. The van der Waals surface area contributed by atoms with E-state index in [9.17, 15) is 5.11 Å². The number of pyridine rings is 1. The zero-order valence-electron chi connectivity index (χ0n) is 31.2. The molecule has 9 atom stereocenters. The number of nitrogens with zero attached hydrogens (tertiary/aromatic N) is 5. The predicted octanol–water partition coefficient (Wildman–Crippen LogP) is 3.82. The first-order chi connectivity index (χ1) is 22.2. The van der Waals surface area contributed by atoms with E-state index < -0.39 is 18.0 Å². The molecule has 270 valence electrons. The fourth-order valence-electron chi connectivity index (χ4n) is 8.40. The summed E-state index contributed by atoms with van der Waals surface area (Å²) in [6.45, 7) is 22.0. The summed E-state index contributed by atoms with van der Waals surface area (Å²) >= 11 is 0. The van der Waals surface area contributed by atoms with Crippen LogP contribution in [-0.2, 0) is 25.5 Å². The molecule has 4 heterocycles. The Labute approximate surface area is 286 Å². The lowest BCUT2D eigenvalue weighted by molar-refractivity contribution is -0.298. The van der Waals surface area contributed by atoms with Crippen LogP contribution in [0.25, 0.3) is 0 Å². The maximum Gasteiger partial charge on any atom is 0.185 e. The number of methoxy groups -OCH3 is 1. The second kappa shape index (κ2) is 17.1. The van der Waals surface area contributed by atoms with Crippen molar-refractivity contribution in [1.29, 1.82) is 0 Å². The normalized spacial score (nSPS) is 37.6. The second-order valence-electron chi connectivity index (χ2n) is 16.3. The first-order valence-corrected chi connectivity index (χ1v) is 18.0. The molecule has 10 heteroatoms. The monoisotopic (exact) mass is 662 g/mol. The number of hydrogen-bond acceptors (Lipinski definition) is 10. The Balaban J connectivity index is 1.46. The molecule has 47 heavy (non-hydrogen) atoms. The maximum absolute atomic E-state index is 11.4. The van der Waals surface area contributed by atoms with Crippen LogP contribution in [0, 0.1) is 17.3 Å². The van der Waals surface area contributed by atoms with Crippen LogP contribution in [0.5, 0.6) is 0 Å². The van der Waals surface area contributed by atoms with E-state index >= 15 is 0 Å². The van der Waals surface area contributed by atoms with Crippen molar-refractivity contribution in [3.8, 4) is 0 Å². The van der Waals surface area contributed by atoms with Crippen LogP contribution in [0.4, 0.5) is 0 Å². The molecule has 0 aliphatic carbocycles. The molecule has 1 N–H and O–H groups in total. The van der Waals surface area contributed by atoms with Gasteiger partial charge in [-0.05, 0) is 83.1 Å². The molecule has 0 radical (unpaired) electrons. The van der Waals surface area contributed by atoms with Gasteiger partial charge in [-0.15, -0.1) is 0 Å². The molecule has 0 spiro atoms. The van der Waals surface area contributed by atoms with Gasteiger partial charge >= 0.3 is 0 Å². The molecule has 4 rings (SSSR count). The minimum atomic E-state index is -0.739. The lowest BCUT2D eigenvalue weighted by atomic mass is 9.75. The van der Waals surface area contributed by atoms with Gasteiger partial charge in [0.1, 0.15) is 6.10 Å². The molecule has 1 aromatic heterocycles. The van der Waals surface area contributed by atoms with E-state index in [4.69, 9.17) is 18.9 Å². The Kier molecular flexibility index (Phi) is 14.1. The van der Waals surface area contributed by atoms with Gasteiger partial charge in [-0.1, -0.05) is 33.8 Å². The zero-order chi connectivity index (χ0) is 34.4. The lowest BCUT2D eigenvalue weighted by Crippen LogP contribution is -2.58. The minimum absolute atomic E-state index is 0.00634. The molecule has 0 bridgehead atoms. The van der Waals surface area contributed by atoms with Crippen LogP contribution in [0.3, 0.4) is 0 Å². The van der Waals surface area contributed by atoms with Gasteiger partial charge in [0, 0.05) is 77.4 Å². The summed E-state index contributed by atoms with van der Waals surface area (Å²) in [5, 5.41) is 11.4. The number of piperazine rings is 1. The van der Waals surface area contributed by atoms with Gasteiger partial charge in [-0.25, -0.2) is 0 Å². The predicted molar refractivity (Wildman–Crippen MR) is 187 cm³/mol. The Morgan fingerprint density at radius 2 is 1.77 bits per heavy atom. The van der Waals surface area contributed by atoms with E-state index in [2.05, 4.69) is 79.2 Å². The Morgan fingerprint density at radius 1 is 1.06 bits per heavy atom. The molecule has 0 aromatic carbocycles. The highest BCUT2D eigenvalue weighted by molar-refractivity contribution is 5.08. The average Bonchev–Trinajstić information content (AvgIpc) is 3.01. The van der Waals surface area contributed by atoms with E-state index in [-0.39, 0.29) is 29.6 Å². The van der Waals surface area contributed by atoms with Crippen LogP contribution in [0.2, 0.25) is 0 Å². The summed E-state index contributed by atoms with van der Waals surface area (Å²) in [5.41, 5.74) is 0.644. The average molecular weight is 662 g/mol. The first kappa shape index (κ1) is 38.6. The molecule has 3 fully saturated rings. The highest BCUT2D eigenvalue weighted by atomic mass is 16.7. The van der Waals surface area contributed by atoms with Crippen molar-refractivity contribution in [3.63, 3.8) is 0 Å². The number of likely N-dealkylation sites (N-methyl/N-ethyl adjacent to an activating group) is 2. The van der Waals surface area contributed by atoms with Crippen molar-refractivity contribution in [2.24, 2.45) is 17.3 Å². The van der Waals surface area contributed by atoms with E-state index in [1.54, 1.807) is 0 Å². The van der Waals surface area contributed by atoms with Crippen molar-refractivity contribution < 1.29 is 24.1 Å². The number of ether oxygens (including phenoxy) is 4. The summed E-state index contributed by atoms with van der Waals surface area (Å²) in [7, 11) is 8.10. The molecule has 0 amide bonds. The third kappa shape index (κ3) is 10.9. The van der Waals surface area contributed by atoms with Gasteiger partial charge in [-0.2, -0.15) is 0 Å². The van der Waals surface area contributed by atoms with Crippen molar-refractivity contribution in [3.05, 3.63) is 30.1 Å². The van der Waals surface area contributed by atoms with Crippen LogP contribution in [0.1, 0.15) is 66.4 Å². The van der Waals surface area contributed by atoms with Crippen LogP contribution in [-0.4, -0.2) is 153 Å². The zero-order valence-corrected chi connectivity index (χ0v) is 31.2. The molecule has 0 unspecified atom stereocenters. The van der Waals surface area contributed by atoms with E-state index in [1.165, 1.54) is 5.56 Å². The summed E-state index contributed by atoms with van der Waals surface area (Å²) in [4.78, 5) is 14.0. The molecule has 1 aromatic rings. The molecular formula is C37H67N5O5. The highest BCUT2D eigenvalue weighted by Crippen LogP contribution is 2.39. The number of aliphatic hydroxyl groups is 1. The summed E-state index contributed by atoms with van der Waals surface area (Å²) in [6.07, 6.45) is 4.59.